The van der Waals surface area contributed by atoms with Crippen molar-refractivity contribution in [3.63, 3.8) is 0 Å². The Labute approximate surface area is 103 Å². The Morgan fingerprint density at radius 1 is 1.67 bits per heavy atom. The van der Waals surface area contributed by atoms with Gasteiger partial charge in [-0.3, -0.25) is 4.79 Å². The van der Waals surface area contributed by atoms with E-state index in [9.17, 15) is 4.79 Å². The van der Waals surface area contributed by atoms with Gasteiger partial charge in [0.15, 0.2) is 0 Å². The Morgan fingerprint density at radius 3 is 3.07 bits per heavy atom. The van der Waals surface area contributed by atoms with Gasteiger partial charge in [-0.25, -0.2) is 0 Å². The van der Waals surface area contributed by atoms with Crippen LogP contribution in [0.5, 0.6) is 0 Å². The molecule has 1 rings (SSSR count). The maximum Gasteiger partial charge on any atom is 0.220 e. The van der Waals surface area contributed by atoms with Crippen LogP contribution in [0.15, 0.2) is 17.5 Å². The van der Waals surface area contributed by atoms with E-state index in [1.165, 1.54) is 4.88 Å². The van der Waals surface area contributed by atoms with Gasteiger partial charge in [0, 0.05) is 22.7 Å². The Hall–Kier alpha value is -0.350. The van der Waals surface area contributed by atoms with E-state index in [2.05, 4.69) is 32.7 Å². The van der Waals surface area contributed by atoms with E-state index in [-0.39, 0.29) is 5.91 Å². The average molecular weight is 290 g/mol. The lowest BCUT2D eigenvalue weighted by Crippen LogP contribution is -2.28. The molecule has 84 valence electrons. The van der Waals surface area contributed by atoms with Gasteiger partial charge in [-0.1, -0.05) is 28.9 Å². The molecule has 0 aliphatic heterocycles. The second kappa shape index (κ2) is 7.01. The number of carbonyl (C=O) groups excluding carboxylic acids is 1. The number of thiophene rings is 1. The lowest BCUT2D eigenvalue weighted by molar-refractivity contribution is -0.121. The summed E-state index contributed by atoms with van der Waals surface area (Å²) in [7, 11) is 0. The number of hydrogen-bond donors (Lipinski definition) is 1. The minimum atomic E-state index is 0.151. The van der Waals surface area contributed by atoms with Crippen LogP contribution in [0.25, 0.3) is 0 Å². The van der Waals surface area contributed by atoms with Gasteiger partial charge >= 0.3 is 0 Å². The summed E-state index contributed by atoms with van der Waals surface area (Å²) in [5, 5.41) is 4.95. The second-order valence-electron chi connectivity index (χ2n) is 3.52. The van der Waals surface area contributed by atoms with Crippen molar-refractivity contribution in [2.24, 2.45) is 0 Å². The van der Waals surface area contributed by atoms with Gasteiger partial charge < -0.3 is 5.32 Å². The molecular formula is C11H16BrNOS. The lowest BCUT2D eigenvalue weighted by atomic mass is 10.2. The summed E-state index contributed by atoms with van der Waals surface area (Å²) in [6, 6.07) is 4.16. The smallest absolute Gasteiger partial charge is 0.220 e. The molecule has 0 saturated heterocycles. The monoisotopic (exact) mass is 289 g/mol. The van der Waals surface area contributed by atoms with Gasteiger partial charge in [-0.05, 0) is 24.3 Å². The zero-order valence-electron chi connectivity index (χ0n) is 8.83. The topological polar surface area (TPSA) is 29.1 Å². The highest BCUT2D eigenvalue weighted by atomic mass is 79.9. The first-order valence-electron chi connectivity index (χ1n) is 5.11. The Balaban J connectivity index is 2.07. The standard InChI is InChI=1S/C11H16BrNOS/c1-9(12)8-13-11(14)6-2-4-10-5-3-7-15-10/h3,5,7,9H,2,4,6,8H2,1H3,(H,13,14). The van der Waals surface area contributed by atoms with Crippen LogP contribution >= 0.6 is 27.3 Å². The van der Waals surface area contributed by atoms with Gasteiger partial charge in [0.2, 0.25) is 5.91 Å². The van der Waals surface area contributed by atoms with Crippen LogP contribution in [0.4, 0.5) is 0 Å². The zero-order chi connectivity index (χ0) is 11.1. The highest BCUT2D eigenvalue weighted by Gasteiger charge is 2.03. The normalized spacial score (nSPS) is 12.4. The molecule has 0 aliphatic carbocycles. The molecule has 15 heavy (non-hydrogen) atoms. The third kappa shape index (κ3) is 5.95. The van der Waals surface area contributed by atoms with Crippen molar-refractivity contribution < 1.29 is 4.79 Å². The molecule has 0 saturated carbocycles. The molecular weight excluding hydrogens is 274 g/mol. The molecule has 0 bridgehead atoms. The fourth-order valence-corrected chi connectivity index (χ4v) is 2.13. The number of nitrogens with one attached hydrogen (secondary N) is 1. The first-order valence-corrected chi connectivity index (χ1v) is 6.91. The van der Waals surface area contributed by atoms with Crippen molar-refractivity contribution in [1.82, 2.24) is 5.32 Å². The summed E-state index contributed by atoms with van der Waals surface area (Å²) < 4.78 is 0. The summed E-state index contributed by atoms with van der Waals surface area (Å²) >= 11 is 5.14. The summed E-state index contributed by atoms with van der Waals surface area (Å²) in [4.78, 5) is 13.1. The molecule has 0 radical (unpaired) electrons. The summed E-state index contributed by atoms with van der Waals surface area (Å²) in [5.74, 6) is 0.151. The van der Waals surface area contributed by atoms with Crippen LogP contribution in [0.2, 0.25) is 0 Å². The molecule has 1 aromatic heterocycles. The number of aryl methyl sites for hydroxylation is 1. The van der Waals surface area contributed by atoms with Crippen molar-refractivity contribution in [1.29, 1.82) is 0 Å². The SMILES string of the molecule is CC(Br)CNC(=O)CCCc1cccs1. The number of amides is 1. The molecule has 1 heterocycles. The predicted molar refractivity (Wildman–Crippen MR) is 68.7 cm³/mol. The quantitative estimate of drug-likeness (QED) is 0.802. The van der Waals surface area contributed by atoms with E-state index in [1.54, 1.807) is 11.3 Å². The molecule has 1 atom stereocenters. The van der Waals surface area contributed by atoms with Crippen molar-refractivity contribution in [3.05, 3.63) is 22.4 Å². The minimum absolute atomic E-state index is 0.151. The molecule has 1 aromatic rings. The van der Waals surface area contributed by atoms with E-state index in [0.717, 1.165) is 12.8 Å². The molecule has 1 N–H and O–H groups in total. The maximum atomic E-state index is 11.3. The van der Waals surface area contributed by atoms with Gasteiger partial charge in [-0.2, -0.15) is 0 Å². The molecule has 0 fully saturated rings. The number of rotatable bonds is 6. The molecule has 2 nitrogen and oxygen atoms in total. The van der Waals surface area contributed by atoms with E-state index in [0.29, 0.717) is 17.8 Å². The predicted octanol–water partition coefficient (Wildman–Crippen LogP) is 2.97. The molecule has 0 aliphatic rings. The largest absolute Gasteiger partial charge is 0.355 e. The van der Waals surface area contributed by atoms with Gasteiger partial charge in [-0.15, -0.1) is 11.3 Å². The van der Waals surface area contributed by atoms with Crippen LogP contribution in [0, 0.1) is 0 Å². The van der Waals surface area contributed by atoms with Crippen LogP contribution < -0.4 is 5.32 Å². The fourth-order valence-electron chi connectivity index (χ4n) is 1.22. The first-order chi connectivity index (χ1) is 7.18. The highest BCUT2D eigenvalue weighted by molar-refractivity contribution is 9.09. The van der Waals surface area contributed by atoms with Crippen LogP contribution in [-0.2, 0) is 11.2 Å². The fraction of sp³-hybridized carbons (Fsp3) is 0.545. The van der Waals surface area contributed by atoms with Gasteiger partial charge in [0.25, 0.3) is 0 Å². The van der Waals surface area contributed by atoms with Gasteiger partial charge in [0.1, 0.15) is 0 Å². The Morgan fingerprint density at radius 2 is 2.47 bits per heavy atom. The second-order valence-corrected chi connectivity index (χ2v) is 6.11. The minimum Gasteiger partial charge on any atom is -0.355 e. The van der Waals surface area contributed by atoms with Crippen LogP contribution in [-0.4, -0.2) is 17.3 Å². The zero-order valence-corrected chi connectivity index (χ0v) is 11.2. The lowest BCUT2D eigenvalue weighted by Gasteiger charge is -2.05. The number of hydrogen-bond acceptors (Lipinski definition) is 2. The molecule has 0 spiro atoms. The highest BCUT2D eigenvalue weighted by Crippen LogP contribution is 2.11. The summed E-state index contributed by atoms with van der Waals surface area (Å²) in [5.41, 5.74) is 0. The van der Waals surface area contributed by atoms with Gasteiger partial charge in [0.05, 0.1) is 0 Å². The molecule has 0 aromatic carbocycles. The van der Waals surface area contributed by atoms with E-state index < -0.39 is 0 Å². The maximum absolute atomic E-state index is 11.3. The third-order valence-corrected chi connectivity index (χ3v) is 3.25. The van der Waals surface area contributed by atoms with Crippen molar-refractivity contribution in [2.45, 2.75) is 31.0 Å². The molecule has 1 amide bonds. The van der Waals surface area contributed by atoms with Crippen LogP contribution in [0.1, 0.15) is 24.6 Å². The summed E-state index contributed by atoms with van der Waals surface area (Å²) in [6.07, 6.45) is 2.57. The first kappa shape index (κ1) is 12.7. The van der Waals surface area contributed by atoms with Crippen molar-refractivity contribution >= 4 is 33.2 Å². The van der Waals surface area contributed by atoms with E-state index >= 15 is 0 Å². The molecule has 4 heteroatoms. The average Bonchev–Trinajstić information content (AvgIpc) is 2.67. The number of halogens is 1. The third-order valence-electron chi connectivity index (χ3n) is 1.99. The van der Waals surface area contributed by atoms with Crippen LogP contribution in [0.3, 0.4) is 0 Å². The Bertz CT molecular complexity index is 285. The van der Waals surface area contributed by atoms with Crippen molar-refractivity contribution in [3.8, 4) is 0 Å². The number of alkyl halides is 1. The van der Waals surface area contributed by atoms with Crippen molar-refractivity contribution in [2.75, 3.05) is 6.54 Å². The number of carbonyl (C=O) groups is 1. The van der Waals surface area contributed by atoms with E-state index in [1.807, 2.05) is 13.0 Å². The summed E-state index contributed by atoms with van der Waals surface area (Å²) in [6.45, 7) is 2.73. The van der Waals surface area contributed by atoms with E-state index in [4.69, 9.17) is 0 Å². The Kier molecular flexibility index (Phi) is 5.95. The molecule has 1 unspecified atom stereocenters.